The maximum Gasteiger partial charge on any atom is 0.270 e. The van der Waals surface area contributed by atoms with E-state index in [1.54, 1.807) is 18.0 Å². The molecule has 0 saturated carbocycles. The first-order chi connectivity index (χ1) is 10.8. The Morgan fingerprint density at radius 2 is 2.04 bits per heavy atom. The summed E-state index contributed by atoms with van der Waals surface area (Å²) in [6.07, 6.45) is 0. The van der Waals surface area contributed by atoms with E-state index in [9.17, 15) is 4.79 Å². The molecule has 122 valence electrons. The van der Waals surface area contributed by atoms with Crippen LogP contribution in [0.3, 0.4) is 0 Å². The molecule has 1 amide bonds. The van der Waals surface area contributed by atoms with Gasteiger partial charge in [-0.1, -0.05) is 0 Å². The highest BCUT2D eigenvalue weighted by molar-refractivity contribution is 9.10. The maximum absolute atomic E-state index is 12.8. The van der Waals surface area contributed by atoms with Crippen molar-refractivity contribution in [3.8, 4) is 0 Å². The van der Waals surface area contributed by atoms with Crippen molar-refractivity contribution in [2.45, 2.75) is 20.4 Å². The fourth-order valence-electron chi connectivity index (χ4n) is 2.84. The molecule has 3 aromatic heterocycles. The van der Waals surface area contributed by atoms with Crippen molar-refractivity contribution < 1.29 is 9.21 Å². The molecular weight excluding hydrogens is 360 g/mol. The number of carbonyl (C=O) groups excluding carboxylic acids is 1. The molecule has 0 fully saturated rings. The van der Waals surface area contributed by atoms with Gasteiger partial charge in [0, 0.05) is 51.1 Å². The topological polar surface area (TPSA) is 56.2 Å². The van der Waals surface area contributed by atoms with Crippen molar-refractivity contribution in [3.05, 3.63) is 39.4 Å². The number of furan rings is 1. The van der Waals surface area contributed by atoms with Crippen LogP contribution in [0.4, 0.5) is 0 Å². The Kier molecular flexibility index (Phi) is 3.83. The zero-order valence-corrected chi connectivity index (χ0v) is 15.4. The zero-order chi connectivity index (χ0) is 16.9. The lowest BCUT2D eigenvalue weighted by Crippen LogP contribution is -2.28. The molecule has 0 aliphatic carbocycles. The summed E-state index contributed by atoms with van der Waals surface area (Å²) in [5, 5.41) is 4.40. The van der Waals surface area contributed by atoms with Crippen LogP contribution in [-0.4, -0.2) is 32.2 Å². The molecule has 3 aromatic rings. The van der Waals surface area contributed by atoms with Gasteiger partial charge in [0.05, 0.1) is 11.2 Å². The second kappa shape index (κ2) is 5.56. The molecule has 0 bridgehead atoms. The summed E-state index contributed by atoms with van der Waals surface area (Å²) in [6.45, 7) is 4.51. The van der Waals surface area contributed by atoms with Crippen LogP contribution in [0.15, 0.2) is 21.2 Å². The minimum atomic E-state index is -0.0438. The number of halogens is 1. The number of rotatable bonds is 3. The Balaban J connectivity index is 1.89. The Morgan fingerprint density at radius 1 is 1.35 bits per heavy atom. The number of hydrogen-bond acceptors (Lipinski definition) is 3. The molecule has 23 heavy (non-hydrogen) atoms. The number of fused-ring (bicyclic) bond motifs is 1. The Labute approximate surface area is 142 Å². The van der Waals surface area contributed by atoms with E-state index in [1.165, 1.54) is 0 Å². The average molecular weight is 379 g/mol. The highest BCUT2D eigenvalue weighted by atomic mass is 79.9. The average Bonchev–Trinajstić information content (AvgIpc) is 3.07. The SMILES string of the molecule is Cc1nn(C)c(C)c1CN(C)C(=O)c1cc2oc(Br)cc2n1C. The molecule has 0 aliphatic heterocycles. The quantitative estimate of drug-likeness (QED) is 0.703. The van der Waals surface area contributed by atoms with Crippen molar-refractivity contribution in [3.63, 3.8) is 0 Å². The van der Waals surface area contributed by atoms with E-state index < -0.39 is 0 Å². The molecule has 0 aliphatic rings. The summed E-state index contributed by atoms with van der Waals surface area (Å²) >= 11 is 3.31. The van der Waals surface area contributed by atoms with Crippen molar-refractivity contribution in [1.29, 1.82) is 0 Å². The largest absolute Gasteiger partial charge is 0.448 e. The molecule has 0 aromatic carbocycles. The van der Waals surface area contributed by atoms with Gasteiger partial charge < -0.3 is 13.9 Å². The van der Waals surface area contributed by atoms with Crippen LogP contribution in [0.1, 0.15) is 27.4 Å². The zero-order valence-electron chi connectivity index (χ0n) is 13.8. The molecule has 3 heterocycles. The number of nitrogens with zero attached hydrogens (tertiary/aromatic N) is 4. The molecule has 0 spiro atoms. The van der Waals surface area contributed by atoms with E-state index >= 15 is 0 Å². The van der Waals surface area contributed by atoms with Gasteiger partial charge in [-0.3, -0.25) is 9.48 Å². The highest BCUT2D eigenvalue weighted by Crippen LogP contribution is 2.27. The lowest BCUT2D eigenvalue weighted by Gasteiger charge is -2.18. The summed E-state index contributed by atoms with van der Waals surface area (Å²) in [5.41, 5.74) is 5.31. The third-order valence-electron chi connectivity index (χ3n) is 4.32. The third kappa shape index (κ3) is 2.59. The van der Waals surface area contributed by atoms with Crippen molar-refractivity contribution in [2.24, 2.45) is 14.1 Å². The fraction of sp³-hybridized carbons (Fsp3) is 0.375. The van der Waals surface area contributed by atoms with Crippen LogP contribution in [0.25, 0.3) is 11.1 Å². The lowest BCUT2D eigenvalue weighted by molar-refractivity contribution is 0.0775. The van der Waals surface area contributed by atoms with Gasteiger partial charge in [-0.15, -0.1) is 0 Å². The minimum Gasteiger partial charge on any atom is -0.448 e. The van der Waals surface area contributed by atoms with Crippen LogP contribution >= 0.6 is 15.9 Å². The van der Waals surface area contributed by atoms with E-state index in [0.717, 1.165) is 22.5 Å². The lowest BCUT2D eigenvalue weighted by atomic mass is 10.2. The Bertz CT molecular complexity index is 903. The molecule has 0 unspecified atom stereocenters. The van der Waals surface area contributed by atoms with Crippen LogP contribution < -0.4 is 0 Å². The number of aromatic nitrogens is 3. The first-order valence-corrected chi connectivity index (χ1v) is 8.08. The summed E-state index contributed by atoms with van der Waals surface area (Å²) in [4.78, 5) is 14.5. The number of aryl methyl sites for hydroxylation is 3. The monoisotopic (exact) mass is 378 g/mol. The minimum absolute atomic E-state index is 0.0438. The van der Waals surface area contributed by atoms with Crippen molar-refractivity contribution in [2.75, 3.05) is 7.05 Å². The van der Waals surface area contributed by atoms with E-state index in [2.05, 4.69) is 21.0 Å². The van der Waals surface area contributed by atoms with Crippen LogP contribution in [0.2, 0.25) is 0 Å². The van der Waals surface area contributed by atoms with Gasteiger partial charge >= 0.3 is 0 Å². The predicted octanol–water partition coefficient (Wildman–Crippen LogP) is 3.16. The molecule has 0 N–H and O–H groups in total. The van der Waals surface area contributed by atoms with Crippen LogP contribution in [0, 0.1) is 13.8 Å². The Morgan fingerprint density at radius 3 is 2.61 bits per heavy atom. The van der Waals surface area contributed by atoms with E-state index in [-0.39, 0.29) is 5.91 Å². The van der Waals surface area contributed by atoms with Gasteiger partial charge in [-0.25, -0.2) is 0 Å². The number of hydrogen-bond donors (Lipinski definition) is 0. The van der Waals surface area contributed by atoms with Gasteiger partial charge in [0.1, 0.15) is 5.69 Å². The molecule has 7 heteroatoms. The van der Waals surface area contributed by atoms with Crippen LogP contribution in [-0.2, 0) is 20.6 Å². The van der Waals surface area contributed by atoms with Gasteiger partial charge in [0.15, 0.2) is 10.3 Å². The smallest absolute Gasteiger partial charge is 0.270 e. The number of amides is 1. The van der Waals surface area contributed by atoms with E-state index in [4.69, 9.17) is 4.42 Å². The molecule has 0 atom stereocenters. The van der Waals surface area contributed by atoms with Gasteiger partial charge in [-0.05, 0) is 29.8 Å². The summed E-state index contributed by atoms with van der Waals surface area (Å²) in [5.74, 6) is -0.0438. The summed E-state index contributed by atoms with van der Waals surface area (Å²) in [7, 11) is 5.59. The summed E-state index contributed by atoms with van der Waals surface area (Å²) in [6, 6.07) is 3.64. The Hall–Kier alpha value is -2.02. The van der Waals surface area contributed by atoms with E-state index in [0.29, 0.717) is 22.5 Å². The number of carbonyl (C=O) groups is 1. The second-order valence-electron chi connectivity index (χ2n) is 5.82. The summed E-state index contributed by atoms with van der Waals surface area (Å²) < 4.78 is 9.89. The van der Waals surface area contributed by atoms with Gasteiger partial charge in [0.2, 0.25) is 0 Å². The predicted molar refractivity (Wildman–Crippen MR) is 91.4 cm³/mol. The van der Waals surface area contributed by atoms with Gasteiger partial charge in [0.25, 0.3) is 5.91 Å². The molecule has 0 radical (unpaired) electrons. The second-order valence-corrected chi connectivity index (χ2v) is 6.60. The molecular formula is C16H19BrN4O2. The van der Waals surface area contributed by atoms with Crippen molar-refractivity contribution in [1.82, 2.24) is 19.2 Å². The van der Waals surface area contributed by atoms with Crippen LogP contribution in [0.5, 0.6) is 0 Å². The first-order valence-electron chi connectivity index (χ1n) is 7.29. The van der Waals surface area contributed by atoms with E-state index in [1.807, 2.05) is 43.3 Å². The van der Waals surface area contributed by atoms with Gasteiger partial charge in [-0.2, -0.15) is 5.10 Å². The highest BCUT2D eigenvalue weighted by Gasteiger charge is 2.21. The molecule has 6 nitrogen and oxygen atoms in total. The molecule has 0 saturated heterocycles. The molecule has 3 rings (SSSR count). The normalized spacial score (nSPS) is 11.4. The van der Waals surface area contributed by atoms with Crippen molar-refractivity contribution >= 4 is 32.9 Å². The maximum atomic E-state index is 12.8. The standard InChI is InChI=1S/C16H19BrN4O2/c1-9-11(10(2)21(5)18-9)8-19(3)16(22)13-6-14-12(20(13)4)7-15(17)23-14/h6-7H,8H2,1-5H3. The fourth-order valence-corrected chi connectivity index (χ4v) is 3.23. The third-order valence-corrected chi connectivity index (χ3v) is 4.71. The first kappa shape index (κ1) is 15.9.